The van der Waals surface area contributed by atoms with E-state index >= 15 is 0 Å². The second-order valence-electron chi connectivity index (χ2n) is 4.40. The van der Waals surface area contributed by atoms with Crippen LogP contribution < -0.4 is 5.73 Å². The molecule has 0 spiro atoms. The Kier molecular flexibility index (Phi) is 3.83. The largest absolute Gasteiger partial charge is 0.444 e. The van der Waals surface area contributed by atoms with Crippen LogP contribution >= 0.6 is 0 Å². The number of nitrogens with zero attached hydrogens (tertiary/aromatic N) is 1. The number of sulfone groups is 1. The zero-order chi connectivity index (χ0) is 12.3. The quantitative estimate of drug-likeness (QED) is 0.877. The Hall–Kier alpha value is -0.880. The highest BCUT2D eigenvalue weighted by Crippen LogP contribution is 2.33. The number of hydrogen-bond acceptors (Lipinski definition) is 5. The van der Waals surface area contributed by atoms with Gasteiger partial charge in [-0.05, 0) is 25.8 Å². The van der Waals surface area contributed by atoms with Crippen molar-refractivity contribution in [2.24, 2.45) is 5.73 Å². The standard InChI is InChI=1S/C11H18N2O3S/c12-6-3-5-11-13-8-9(16-11)10-4-1-2-7-17(10,14)15/h8,10H,1-7,12H2. The van der Waals surface area contributed by atoms with Crippen molar-refractivity contribution in [1.29, 1.82) is 0 Å². The van der Waals surface area contributed by atoms with Crippen molar-refractivity contribution in [3.8, 4) is 0 Å². The molecule has 1 aromatic heterocycles. The van der Waals surface area contributed by atoms with Gasteiger partial charge < -0.3 is 10.2 Å². The van der Waals surface area contributed by atoms with Crippen LogP contribution in [0, 0.1) is 0 Å². The van der Waals surface area contributed by atoms with Crippen molar-refractivity contribution in [3.05, 3.63) is 17.8 Å². The van der Waals surface area contributed by atoms with Gasteiger partial charge in [0.2, 0.25) is 0 Å². The van der Waals surface area contributed by atoms with E-state index in [0.717, 1.165) is 19.3 Å². The van der Waals surface area contributed by atoms with E-state index in [-0.39, 0.29) is 5.75 Å². The van der Waals surface area contributed by atoms with Gasteiger partial charge in [0.25, 0.3) is 0 Å². The minimum absolute atomic E-state index is 0.260. The molecule has 2 N–H and O–H groups in total. The van der Waals surface area contributed by atoms with Gasteiger partial charge in [0.05, 0.1) is 11.9 Å². The van der Waals surface area contributed by atoms with E-state index in [1.165, 1.54) is 0 Å². The Morgan fingerprint density at radius 1 is 1.47 bits per heavy atom. The Morgan fingerprint density at radius 3 is 3.00 bits per heavy atom. The smallest absolute Gasteiger partial charge is 0.194 e. The predicted molar refractivity (Wildman–Crippen MR) is 64.3 cm³/mol. The molecule has 1 saturated heterocycles. The van der Waals surface area contributed by atoms with E-state index in [0.29, 0.717) is 31.0 Å². The first-order chi connectivity index (χ1) is 8.13. The SMILES string of the molecule is NCCCc1ncc(C2CCCCS2(=O)=O)o1. The van der Waals surface area contributed by atoms with Gasteiger partial charge in [0, 0.05) is 6.42 Å². The van der Waals surface area contributed by atoms with Crippen LogP contribution in [0.2, 0.25) is 0 Å². The van der Waals surface area contributed by atoms with Gasteiger partial charge >= 0.3 is 0 Å². The van der Waals surface area contributed by atoms with Gasteiger partial charge in [0.1, 0.15) is 11.0 Å². The monoisotopic (exact) mass is 258 g/mol. The lowest BCUT2D eigenvalue weighted by Crippen LogP contribution is -2.21. The van der Waals surface area contributed by atoms with Gasteiger partial charge in [-0.1, -0.05) is 6.42 Å². The number of nitrogens with two attached hydrogens (primary N) is 1. The van der Waals surface area contributed by atoms with Crippen LogP contribution in [-0.2, 0) is 16.3 Å². The van der Waals surface area contributed by atoms with Crippen molar-refractivity contribution < 1.29 is 12.8 Å². The fourth-order valence-corrected chi connectivity index (χ4v) is 4.00. The number of aromatic nitrogens is 1. The maximum absolute atomic E-state index is 11.9. The third kappa shape index (κ3) is 2.87. The highest BCUT2D eigenvalue weighted by atomic mass is 32.2. The molecule has 96 valence electrons. The van der Waals surface area contributed by atoms with Crippen molar-refractivity contribution in [2.75, 3.05) is 12.3 Å². The van der Waals surface area contributed by atoms with Crippen LogP contribution in [0.15, 0.2) is 10.6 Å². The van der Waals surface area contributed by atoms with E-state index in [2.05, 4.69) is 4.98 Å². The summed E-state index contributed by atoms with van der Waals surface area (Å²) in [6.45, 7) is 0.583. The first-order valence-corrected chi connectivity index (χ1v) is 7.71. The third-order valence-electron chi connectivity index (χ3n) is 3.06. The lowest BCUT2D eigenvalue weighted by molar-refractivity contribution is 0.427. The molecule has 2 heterocycles. The number of hydrogen-bond donors (Lipinski definition) is 1. The molecule has 17 heavy (non-hydrogen) atoms. The summed E-state index contributed by atoms with van der Waals surface area (Å²) in [5, 5.41) is -0.490. The van der Waals surface area contributed by atoms with E-state index in [1.54, 1.807) is 6.20 Å². The van der Waals surface area contributed by atoms with Crippen LogP contribution in [0.25, 0.3) is 0 Å². The molecule has 0 radical (unpaired) electrons. The van der Waals surface area contributed by atoms with E-state index < -0.39 is 15.1 Å². The maximum Gasteiger partial charge on any atom is 0.194 e. The molecule has 1 atom stereocenters. The summed E-state index contributed by atoms with van der Waals surface area (Å²) in [4.78, 5) is 4.11. The highest BCUT2D eigenvalue weighted by molar-refractivity contribution is 7.91. The molecule has 0 aliphatic carbocycles. The second kappa shape index (κ2) is 5.18. The minimum Gasteiger partial charge on any atom is -0.444 e. The molecule has 0 amide bonds. The van der Waals surface area contributed by atoms with Crippen LogP contribution in [0.4, 0.5) is 0 Å². The molecule has 1 unspecified atom stereocenters. The summed E-state index contributed by atoms with van der Waals surface area (Å²) in [5.41, 5.74) is 5.40. The number of oxazole rings is 1. The third-order valence-corrected chi connectivity index (χ3v) is 5.25. The van der Waals surface area contributed by atoms with Crippen molar-refractivity contribution >= 4 is 9.84 Å². The highest BCUT2D eigenvalue weighted by Gasteiger charge is 2.32. The summed E-state index contributed by atoms with van der Waals surface area (Å²) < 4.78 is 29.3. The van der Waals surface area contributed by atoms with Crippen LogP contribution in [0.1, 0.15) is 42.6 Å². The average molecular weight is 258 g/mol. The van der Waals surface area contributed by atoms with Crippen LogP contribution in [-0.4, -0.2) is 25.7 Å². The molecule has 2 rings (SSSR count). The van der Waals surface area contributed by atoms with Gasteiger partial charge in [-0.25, -0.2) is 13.4 Å². The zero-order valence-corrected chi connectivity index (χ0v) is 10.6. The molecule has 0 saturated carbocycles. The molecule has 0 aromatic carbocycles. The van der Waals surface area contributed by atoms with Crippen molar-refractivity contribution in [1.82, 2.24) is 4.98 Å². The van der Waals surface area contributed by atoms with Gasteiger partial charge in [0.15, 0.2) is 15.7 Å². The number of rotatable bonds is 4. The minimum atomic E-state index is -3.04. The summed E-state index contributed by atoms with van der Waals surface area (Å²) in [5.74, 6) is 1.35. The Morgan fingerprint density at radius 2 is 2.29 bits per heavy atom. The average Bonchev–Trinajstić information content (AvgIpc) is 2.74. The maximum atomic E-state index is 11.9. The zero-order valence-electron chi connectivity index (χ0n) is 9.76. The molecule has 1 aliphatic rings. The summed E-state index contributed by atoms with van der Waals surface area (Å²) in [6.07, 6.45) is 5.36. The fraction of sp³-hybridized carbons (Fsp3) is 0.727. The second-order valence-corrected chi connectivity index (χ2v) is 6.70. The van der Waals surface area contributed by atoms with E-state index in [4.69, 9.17) is 10.2 Å². The molecule has 1 aromatic rings. The van der Waals surface area contributed by atoms with Gasteiger partial charge in [-0.15, -0.1) is 0 Å². The fourth-order valence-electron chi connectivity index (χ4n) is 2.12. The Labute approximate surface area is 101 Å². The van der Waals surface area contributed by atoms with E-state index in [1.807, 2.05) is 0 Å². The first kappa shape index (κ1) is 12.6. The van der Waals surface area contributed by atoms with E-state index in [9.17, 15) is 8.42 Å². The first-order valence-electron chi connectivity index (χ1n) is 6.00. The number of aryl methyl sites for hydroxylation is 1. The summed E-state index contributed by atoms with van der Waals surface area (Å²) in [7, 11) is -3.04. The molecule has 1 fully saturated rings. The molecule has 1 aliphatic heterocycles. The lowest BCUT2D eigenvalue weighted by atomic mass is 10.1. The molecular weight excluding hydrogens is 240 g/mol. The van der Waals surface area contributed by atoms with Crippen LogP contribution in [0.3, 0.4) is 0 Å². The predicted octanol–water partition coefficient (Wildman–Crippen LogP) is 1.21. The summed E-state index contributed by atoms with van der Waals surface area (Å²) >= 11 is 0. The van der Waals surface area contributed by atoms with Crippen LogP contribution in [0.5, 0.6) is 0 Å². The normalized spacial score (nSPS) is 23.7. The van der Waals surface area contributed by atoms with Crippen molar-refractivity contribution in [2.45, 2.75) is 37.4 Å². The van der Waals surface area contributed by atoms with Gasteiger partial charge in [-0.3, -0.25) is 0 Å². The molecule has 0 bridgehead atoms. The Balaban J connectivity index is 2.13. The topological polar surface area (TPSA) is 86.2 Å². The summed E-state index contributed by atoms with van der Waals surface area (Å²) in [6, 6.07) is 0. The molecule has 5 nitrogen and oxygen atoms in total. The lowest BCUT2D eigenvalue weighted by Gasteiger charge is -2.19. The molecule has 6 heteroatoms. The molecular formula is C11H18N2O3S. The van der Waals surface area contributed by atoms with Crippen molar-refractivity contribution in [3.63, 3.8) is 0 Å². The Bertz CT molecular complexity index is 467. The van der Waals surface area contributed by atoms with Gasteiger partial charge in [-0.2, -0.15) is 0 Å².